The van der Waals surface area contributed by atoms with E-state index in [1.165, 1.54) is 11.4 Å². The fourth-order valence-electron chi connectivity index (χ4n) is 3.12. The average molecular weight is 333 g/mol. The molecule has 0 bridgehead atoms. The zero-order valence-corrected chi connectivity index (χ0v) is 13.8. The average Bonchev–Trinajstić information content (AvgIpc) is 3.14. The first-order chi connectivity index (χ1) is 10.3. The molecule has 0 saturated carbocycles. The van der Waals surface area contributed by atoms with Gasteiger partial charge in [-0.1, -0.05) is 18.2 Å². The van der Waals surface area contributed by atoms with E-state index in [4.69, 9.17) is 4.98 Å². The summed E-state index contributed by atoms with van der Waals surface area (Å²) in [5, 5.41) is 0. The second-order valence-electron chi connectivity index (χ2n) is 5.72. The van der Waals surface area contributed by atoms with Crippen molar-refractivity contribution < 1.29 is 5.48 Å². The van der Waals surface area contributed by atoms with Gasteiger partial charge in [0.1, 0.15) is 11.5 Å². The Bertz CT molecular complexity index is 731. The molecule has 1 unspecified atom stereocenters. The van der Waals surface area contributed by atoms with Gasteiger partial charge < -0.3 is 15.4 Å². The standard InChI is InChI=1S/C17H18N4.ClH.H2O/c1-12-18-10-17-16(19-12)9-15(20-17)13-7-8-21(11-13)14-5-3-2-4-6-14;;/h2-6,9-10,13H,7-8,11H2,1H3,(H,18,19);1H;1H2. The molecule has 6 heteroatoms. The van der Waals surface area contributed by atoms with E-state index in [1.54, 1.807) is 0 Å². The van der Waals surface area contributed by atoms with Crippen LogP contribution in [0.3, 0.4) is 0 Å². The van der Waals surface area contributed by atoms with Crippen LogP contribution in [0.2, 0.25) is 0 Å². The first-order valence-electron chi connectivity index (χ1n) is 7.42. The predicted octanol–water partition coefficient (Wildman–Crippen LogP) is 2.81. The van der Waals surface area contributed by atoms with Crippen molar-refractivity contribution in [3.05, 3.63) is 54.1 Å². The largest absolute Gasteiger partial charge is 0.412 e. The van der Waals surface area contributed by atoms with Gasteiger partial charge in [-0.2, -0.15) is 0 Å². The van der Waals surface area contributed by atoms with Crippen molar-refractivity contribution in [2.75, 3.05) is 18.0 Å². The van der Waals surface area contributed by atoms with Crippen LogP contribution >= 0.6 is 12.4 Å². The highest BCUT2D eigenvalue weighted by Crippen LogP contribution is 2.32. The number of fused-ring (bicyclic) bond motifs is 1. The van der Waals surface area contributed by atoms with Gasteiger partial charge in [-0.25, -0.2) is 9.97 Å². The number of aromatic amines is 1. The SMILES string of the molecule is Cc1ncc2nc(C3CCN(c4ccccc4)C3)cc-2[nH]1.Cl.O. The number of rotatable bonds is 2. The van der Waals surface area contributed by atoms with Crippen LogP contribution in [0.1, 0.15) is 23.9 Å². The quantitative estimate of drug-likeness (QED) is 0.784. The van der Waals surface area contributed by atoms with E-state index in [1.807, 2.05) is 13.1 Å². The molecule has 23 heavy (non-hydrogen) atoms. The fraction of sp³-hybridized carbons (Fsp3) is 0.294. The number of halogens is 1. The summed E-state index contributed by atoms with van der Waals surface area (Å²) in [5.74, 6) is 1.44. The third kappa shape index (κ3) is 3.30. The molecule has 0 radical (unpaired) electrons. The number of H-pyrrole nitrogens is 1. The van der Waals surface area contributed by atoms with Gasteiger partial charge in [-0.15, -0.1) is 12.4 Å². The summed E-state index contributed by atoms with van der Waals surface area (Å²) in [6.07, 6.45) is 3.01. The Morgan fingerprint density at radius 1 is 1.22 bits per heavy atom. The second kappa shape index (κ2) is 6.98. The van der Waals surface area contributed by atoms with Crippen LogP contribution in [-0.2, 0) is 0 Å². The smallest absolute Gasteiger partial charge is 0.105 e. The van der Waals surface area contributed by atoms with Crippen molar-refractivity contribution in [3.63, 3.8) is 0 Å². The molecule has 1 aromatic carbocycles. The molecule has 3 aliphatic heterocycles. The molecule has 3 N–H and O–H groups in total. The lowest BCUT2D eigenvalue weighted by molar-refractivity contribution is 0.752. The van der Waals surface area contributed by atoms with Crippen molar-refractivity contribution in [2.24, 2.45) is 0 Å². The minimum absolute atomic E-state index is 0. The van der Waals surface area contributed by atoms with Crippen LogP contribution in [-0.4, -0.2) is 33.5 Å². The van der Waals surface area contributed by atoms with E-state index in [-0.39, 0.29) is 17.9 Å². The zero-order valence-electron chi connectivity index (χ0n) is 13.0. The summed E-state index contributed by atoms with van der Waals surface area (Å²) in [6.45, 7) is 4.11. The number of benzene rings is 1. The Morgan fingerprint density at radius 2 is 2.00 bits per heavy atom. The maximum absolute atomic E-state index is 4.74. The zero-order chi connectivity index (χ0) is 14.2. The first-order valence-corrected chi connectivity index (χ1v) is 7.42. The van der Waals surface area contributed by atoms with Gasteiger partial charge in [-0.05, 0) is 31.5 Å². The number of hydrogen-bond donors (Lipinski definition) is 1. The minimum atomic E-state index is 0. The van der Waals surface area contributed by atoms with Crippen LogP contribution in [0.5, 0.6) is 0 Å². The Morgan fingerprint density at radius 3 is 2.78 bits per heavy atom. The van der Waals surface area contributed by atoms with Gasteiger partial charge in [0.25, 0.3) is 0 Å². The highest BCUT2D eigenvalue weighted by molar-refractivity contribution is 5.85. The summed E-state index contributed by atoms with van der Waals surface area (Å²) in [7, 11) is 0. The van der Waals surface area contributed by atoms with Gasteiger partial charge in [0.15, 0.2) is 0 Å². The summed E-state index contributed by atoms with van der Waals surface area (Å²) in [5.41, 5.74) is 4.55. The lowest BCUT2D eigenvalue weighted by Crippen LogP contribution is -2.18. The molecule has 0 aliphatic carbocycles. The normalized spacial score (nSPS) is 16.9. The van der Waals surface area contributed by atoms with E-state index >= 15 is 0 Å². The second-order valence-corrected chi connectivity index (χ2v) is 5.72. The molecule has 5 nitrogen and oxygen atoms in total. The molecule has 0 amide bonds. The number of para-hydroxylation sites is 1. The first kappa shape index (κ1) is 17.2. The third-order valence-corrected chi connectivity index (χ3v) is 4.24. The van der Waals surface area contributed by atoms with E-state index in [9.17, 15) is 0 Å². The van der Waals surface area contributed by atoms with Crippen molar-refractivity contribution in [1.82, 2.24) is 15.0 Å². The van der Waals surface area contributed by atoms with Gasteiger partial charge in [0.2, 0.25) is 0 Å². The molecule has 122 valence electrons. The number of nitrogens with zero attached hydrogens (tertiary/aromatic N) is 3. The molecule has 3 heterocycles. The number of hydrogen-bond acceptors (Lipinski definition) is 3. The van der Waals surface area contributed by atoms with Crippen molar-refractivity contribution in [1.29, 1.82) is 0 Å². The number of anilines is 1. The van der Waals surface area contributed by atoms with Crippen LogP contribution in [0, 0.1) is 6.92 Å². The lowest BCUT2D eigenvalue weighted by atomic mass is 10.1. The molecule has 1 fully saturated rings. The molecular weight excluding hydrogens is 312 g/mol. The maximum atomic E-state index is 4.74. The van der Waals surface area contributed by atoms with E-state index in [0.29, 0.717) is 5.92 Å². The van der Waals surface area contributed by atoms with Crippen LogP contribution in [0.4, 0.5) is 5.69 Å². The molecule has 1 aromatic rings. The Labute approximate surface area is 141 Å². The highest BCUT2D eigenvalue weighted by atomic mass is 35.5. The molecule has 0 spiro atoms. The van der Waals surface area contributed by atoms with Crippen molar-refractivity contribution in [3.8, 4) is 11.4 Å². The van der Waals surface area contributed by atoms with Crippen LogP contribution in [0.15, 0.2) is 42.6 Å². The van der Waals surface area contributed by atoms with Crippen molar-refractivity contribution >= 4 is 18.1 Å². The van der Waals surface area contributed by atoms with E-state index in [2.05, 4.69) is 51.3 Å². The molecular formula is C17H21ClN4O. The summed E-state index contributed by atoms with van der Waals surface area (Å²) >= 11 is 0. The van der Waals surface area contributed by atoms with Gasteiger partial charge in [-0.3, -0.25) is 0 Å². The number of aryl methyl sites for hydroxylation is 1. The van der Waals surface area contributed by atoms with E-state index in [0.717, 1.165) is 36.7 Å². The van der Waals surface area contributed by atoms with Crippen LogP contribution < -0.4 is 4.90 Å². The molecule has 1 saturated heterocycles. The fourth-order valence-corrected chi connectivity index (χ4v) is 3.12. The Balaban J connectivity index is 0.000000960. The molecule has 3 aliphatic rings. The van der Waals surface area contributed by atoms with Crippen molar-refractivity contribution in [2.45, 2.75) is 19.3 Å². The topological polar surface area (TPSA) is 76.3 Å². The monoisotopic (exact) mass is 332 g/mol. The van der Waals surface area contributed by atoms with Gasteiger partial charge in [0, 0.05) is 30.4 Å². The van der Waals surface area contributed by atoms with Gasteiger partial charge >= 0.3 is 0 Å². The number of aromatic nitrogens is 3. The minimum Gasteiger partial charge on any atom is -0.412 e. The maximum Gasteiger partial charge on any atom is 0.105 e. The third-order valence-electron chi connectivity index (χ3n) is 4.24. The Kier molecular flexibility index (Phi) is 5.23. The summed E-state index contributed by atoms with van der Waals surface area (Å²) < 4.78 is 0. The van der Waals surface area contributed by atoms with E-state index < -0.39 is 0 Å². The lowest BCUT2D eigenvalue weighted by Gasteiger charge is -2.18. The van der Waals surface area contributed by atoms with Crippen LogP contribution in [0.25, 0.3) is 11.4 Å². The number of nitrogens with one attached hydrogen (secondary N) is 1. The Hall–Kier alpha value is -2.11. The molecule has 0 aromatic heterocycles. The van der Waals surface area contributed by atoms with Gasteiger partial charge in [0.05, 0.1) is 11.9 Å². The molecule has 4 rings (SSSR count). The highest BCUT2D eigenvalue weighted by Gasteiger charge is 2.27. The summed E-state index contributed by atoms with van der Waals surface area (Å²) in [6, 6.07) is 12.8. The molecule has 1 atom stereocenters. The predicted molar refractivity (Wildman–Crippen MR) is 94.6 cm³/mol. The summed E-state index contributed by atoms with van der Waals surface area (Å²) in [4.78, 5) is 14.8.